The molecule has 0 rings (SSSR count). The van der Waals surface area contributed by atoms with E-state index in [0.29, 0.717) is 7.11 Å². The Labute approximate surface area is 125 Å². The fourth-order valence-electron chi connectivity index (χ4n) is 1.43. The molecule has 0 spiro atoms. The van der Waals surface area contributed by atoms with Crippen molar-refractivity contribution in [3.8, 4) is 0 Å². The van der Waals surface area contributed by atoms with Crippen LogP contribution < -0.4 is 0 Å². The zero-order chi connectivity index (χ0) is 18.7. The van der Waals surface area contributed by atoms with E-state index < -0.39 is 64.3 Å². The molecule has 0 fully saturated rings. The highest BCUT2D eigenvalue weighted by atomic mass is 32.2. The van der Waals surface area contributed by atoms with Crippen LogP contribution in [0.25, 0.3) is 0 Å². The first-order chi connectivity index (χ1) is 10.0. The van der Waals surface area contributed by atoms with Crippen LogP contribution in [0.15, 0.2) is 0 Å². The van der Waals surface area contributed by atoms with Gasteiger partial charge in [-0.1, -0.05) is 0 Å². The number of methoxy groups -OCH3 is 1. The predicted molar refractivity (Wildman–Crippen MR) is 60.5 cm³/mol. The van der Waals surface area contributed by atoms with Crippen molar-refractivity contribution in [3.63, 3.8) is 0 Å². The molecule has 4 nitrogen and oxygen atoms in total. The van der Waals surface area contributed by atoms with E-state index in [9.17, 15) is 48.3 Å². The van der Waals surface area contributed by atoms with Gasteiger partial charge in [-0.05, 0) is 6.42 Å². The standard InChI is InChI=1S/C10H12F8O4S/c1-22-7(19)6(2-3-8(11,12)10(16,17)18)23(20,21)5-4-9(13,14)15/h6H,2-5H2,1H3. The highest BCUT2D eigenvalue weighted by Gasteiger charge is 2.57. The van der Waals surface area contributed by atoms with Crippen molar-refractivity contribution in [1.82, 2.24) is 0 Å². The third-order valence-corrected chi connectivity index (χ3v) is 4.77. The molecule has 0 N–H and O–H groups in total. The minimum absolute atomic E-state index is 0.622. The fraction of sp³-hybridized carbons (Fsp3) is 0.900. The van der Waals surface area contributed by atoms with Crippen LogP contribution in [0.2, 0.25) is 0 Å². The molecule has 138 valence electrons. The number of carbonyl (C=O) groups excluding carboxylic acids is 1. The molecule has 0 heterocycles. The van der Waals surface area contributed by atoms with Crippen molar-refractivity contribution in [3.05, 3.63) is 0 Å². The van der Waals surface area contributed by atoms with Crippen LogP contribution in [0.4, 0.5) is 35.1 Å². The SMILES string of the molecule is COC(=O)C(CCC(F)(F)C(F)(F)F)S(=O)(=O)CCC(F)(F)F. The number of sulfone groups is 1. The number of carbonyl (C=O) groups is 1. The second-order valence-corrected chi connectivity index (χ2v) is 6.79. The van der Waals surface area contributed by atoms with Crippen LogP contribution >= 0.6 is 0 Å². The van der Waals surface area contributed by atoms with Gasteiger partial charge in [-0.3, -0.25) is 4.79 Å². The summed E-state index contributed by atoms with van der Waals surface area (Å²) in [4.78, 5) is 11.2. The monoisotopic (exact) mass is 380 g/mol. The molecule has 0 aliphatic heterocycles. The topological polar surface area (TPSA) is 60.4 Å². The minimum Gasteiger partial charge on any atom is -0.468 e. The second-order valence-electron chi connectivity index (χ2n) is 4.48. The van der Waals surface area contributed by atoms with Gasteiger partial charge in [0.15, 0.2) is 15.1 Å². The smallest absolute Gasteiger partial charge is 0.453 e. The molecule has 0 aromatic carbocycles. The first-order valence-corrected chi connectivity index (χ1v) is 7.56. The molecule has 1 atom stereocenters. The summed E-state index contributed by atoms with van der Waals surface area (Å²) in [6, 6.07) is 0. The molecule has 0 saturated carbocycles. The Balaban J connectivity index is 5.21. The van der Waals surface area contributed by atoms with Crippen LogP contribution in [0.3, 0.4) is 0 Å². The summed E-state index contributed by atoms with van der Waals surface area (Å²) in [7, 11) is -4.31. The van der Waals surface area contributed by atoms with E-state index in [-0.39, 0.29) is 0 Å². The Bertz CT molecular complexity index is 508. The molecule has 0 radical (unpaired) electrons. The van der Waals surface area contributed by atoms with Crippen molar-refractivity contribution in [2.75, 3.05) is 12.9 Å². The average molecular weight is 380 g/mol. The molecule has 0 aliphatic carbocycles. The zero-order valence-corrected chi connectivity index (χ0v) is 12.3. The molecule has 0 aromatic heterocycles. The van der Waals surface area contributed by atoms with E-state index in [0.717, 1.165) is 0 Å². The van der Waals surface area contributed by atoms with E-state index in [4.69, 9.17) is 0 Å². The molecule has 23 heavy (non-hydrogen) atoms. The van der Waals surface area contributed by atoms with Crippen molar-refractivity contribution in [2.45, 2.75) is 42.8 Å². The van der Waals surface area contributed by atoms with Crippen LogP contribution in [-0.2, 0) is 19.4 Å². The summed E-state index contributed by atoms with van der Waals surface area (Å²) >= 11 is 0. The Morgan fingerprint density at radius 2 is 1.48 bits per heavy atom. The molecule has 0 aliphatic rings. The van der Waals surface area contributed by atoms with Crippen molar-refractivity contribution in [1.29, 1.82) is 0 Å². The lowest BCUT2D eigenvalue weighted by Gasteiger charge is -2.22. The Kier molecular flexibility index (Phi) is 6.82. The maximum atomic E-state index is 12.8. The molecule has 0 bridgehead atoms. The zero-order valence-electron chi connectivity index (χ0n) is 11.5. The van der Waals surface area contributed by atoms with E-state index in [1.165, 1.54) is 0 Å². The van der Waals surface area contributed by atoms with Crippen LogP contribution in [-0.4, -0.2) is 50.8 Å². The summed E-state index contributed by atoms with van der Waals surface area (Å²) in [5.41, 5.74) is 0. The van der Waals surface area contributed by atoms with Gasteiger partial charge in [0.05, 0.1) is 19.3 Å². The lowest BCUT2D eigenvalue weighted by Crippen LogP contribution is -2.40. The number of rotatable bonds is 7. The fourth-order valence-corrected chi connectivity index (χ4v) is 3.10. The number of halogens is 8. The predicted octanol–water partition coefficient (Wildman–Crippen LogP) is 2.87. The number of hydrogen-bond donors (Lipinski definition) is 0. The second kappa shape index (κ2) is 7.18. The molecule has 1 unspecified atom stereocenters. The average Bonchev–Trinajstić information content (AvgIpc) is 2.33. The Morgan fingerprint density at radius 3 is 1.83 bits per heavy atom. The summed E-state index contributed by atoms with van der Waals surface area (Å²) < 4.78 is 125. The lowest BCUT2D eigenvalue weighted by molar-refractivity contribution is -0.284. The third kappa shape index (κ3) is 6.87. The van der Waals surface area contributed by atoms with Gasteiger partial charge in [0, 0.05) is 6.42 Å². The van der Waals surface area contributed by atoms with Crippen molar-refractivity contribution < 1.29 is 53.1 Å². The largest absolute Gasteiger partial charge is 0.468 e. The maximum absolute atomic E-state index is 12.8. The number of alkyl halides is 8. The first-order valence-electron chi connectivity index (χ1n) is 5.84. The van der Waals surface area contributed by atoms with Crippen molar-refractivity contribution in [2.24, 2.45) is 0 Å². The Hall–Kier alpha value is -1.14. The minimum atomic E-state index is -5.98. The maximum Gasteiger partial charge on any atom is 0.453 e. The van der Waals surface area contributed by atoms with Gasteiger partial charge in [0.25, 0.3) is 0 Å². The molecule has 0 amide bonds. The molecule has 0 aromatic rings. The van der Waals surface area contributed by atoms with Gasteiger partial charge in [-0.25, -0.2) is 8.42 Å². The van der Waals surface area contributed by atoms with Gasteiger partial charge in [-0.2, -0.15) is 35.1 Å². The summed E-state index contributed by atoms with van der Waals surface area (Å²) in [6.45, 7) is 0. The highest BCUT2D eigenvalue weighted by Crippen LogP contribution is 2.39. The van der Waals surface area contributed by atoms with E-state index >= 15 is 0 Å². The molecular formula is C10H12F8O4S. The molecule has 13 heteroatoms. The van der Waals surface area contributed by atoms with Crippen molar-refractivity contribution >= 4 is 15.8 Å². The summed E-state index contributed by atoms with van der Waals surface area (Å²) in [5.74, 6) is -8.63. The first kappa shape index (κ1) is 21.9. The van der Waals surface area contributed by atoms with E-state index in [1.807, 2.05) is 0 Å². The van der Waals surface area contributed by atoms with Crippen LogP contribution in [0, 0.1) is 0 Å². The van der Waals surface area contributed by atoms with Crippen LogP contribution in [0.5, 0.6) is 0 Å². The van der Waals surface area contributed by atoms with E-state index in [2.05, 4.69) is 4.74 Å². The van der Waals surface area contributed by atoms with Gasteiger partial charge < -0.3 is 4.74 Å². The lowest BCUT2D eigenvalue weighted by atomic mass is 10.1. The van der Waals surface area contributed by atoms with E-state index in [1.54, 1.807) is 0 Å². The quantitative estimate of drug-likeness (QED) is 0.504. The van der Waals surface area contributed by atoms with Gasteiger partial charge in [0.1, 0.15) is 0 Å². The van der Waals surface area contributed by atoms with Gasteiger partial charge in [-0.15, -0.1) is 0 Å². The number of hydrogen-bond acceptors (Lipinski definition) is 4. The summed E-state index contributed by atoms with van der Waals surface area (Å²) in [5, 5.41) is -2.54. The molecule has 0 saturated heterocycles. The Morgan fingerprint density at radius 1 is 1.00 bits per heavy atom. The van der Waals surface area contributed by atoms with Crippen LogP contribution in [0.1, 0.15) is 19.3 Å². The number of ether oxygens (including phenoxy) is 1. The summed E-state index contributed by atoms with van der Waals surface area (Å²) in [6.07, 6.45) is -16.4. The molecular weight excluding hydrogens is 368 g/mol. The normalized spacial score (nSPS) is 15.3. The highest BCUT2D eigenvalue weighted by molar-refractivity contribution is 7.92. The third-order valence-electron chi connectivity index (χ3n) is 2.70. The number of esters is 1. The van der Waals surface area contributed by atoms with Gasteiger partial charge >= 0.3 is 24.2 Å². The van der Waals surface area contributed by atoms with Gasteiger partial charge in [0.2, 0.25) is 0 Å².